The summed E-state index contributed by atoms with van der Waals surface area (Å²) in [5.74, 6) is -12.9. The Morgan fingerprint density at radius 1 is 0.263 bits per heavy atom. The summed E-state index contributed by atoms with van der Waals surface area (Å²) in [5, 5.41) is 94.7. The lowest BCUT2D eigenvalue weighted by Gasteiger charge is -2.28. The smallest absolute Gasteiger partial charge is 0.243 e. The number of benzene rings is 4. The third kappa shape index (κ3) is 33.1. The first kappa shape index (κ1) is 103. The first-order valence-corrected chi connectivity index (χ1v) is 43.6. The van der Waals surface area contributed by atoms with E-state index in [1.165, 1.54) is 13.8 Å². The van der Waals surface area contributed by atoms with E-state index in [2.05, 4.69) is 110 Å². The van der Waals surface area contributed by atoms with E-state index in [-0.39, 0.29) is 153 Å². The molecule has 0 aliphatic heterocycles. The minimum absolute atomic E-state index is 0.000356. The van der Waals surface area contributed by atoms with Crippen molar-refractivity contribution in [3.63, 3.8) is 0 Å². The monoisotopic (exact) mass is 1840 g/mol. The first-order valence-electron chi connectivity index (χ1n) is 43.6. The van der Waals surface area contributed by atoms with Crippen LogP contribution >= 0.6 is 0 Å². The fourth-order valence-electron chi connectivity index (χ4n) is 14.9. The minimum atomic E-state index is -1.59. The highest BCUT2D eigenvalue weighted by Crippen LogP contribution is 2.25. The van der Waals surface area contributed by atoms with Crippen molar-refractivity contribution >= 4 is 150 Å². The zero-order valence-electron chi connectivity index (χ0n) is 74.0. The van der Waals surface area contributed by atoms with Crippen LogP contribution in [0, 0.1) is 32.5 Å². The van der Waals surface area contributed by atoms with Crippen LogP contribution in [0.15, 0.2) is 122 Å². The summed E-state index contributed by atoms with van der Waals surface area (Å²) in [6.07, 6.45) is 6.09. The molecule has 0 bridgehead atoms. The van der Waals surface area contributed by atoms with Crippen molar-refractivity contribution < 1.29 is 57.5 Å². The second kappa shape index (κ2) is 51.5. The molecule has 0 radical (unpaired) electrons. The lowest BCUT2D eigenvalue weighted by atomic mass is 10.0. The van der Waals surface area contributed by atoms with E-state index in [4.69, 9.17) is 78.3 Å². The van der Waals surface area contributed by atoms with Gasteiger partial charge in [0.2, 0.25) is 70.9 Å². The quantitative estimate of drug-likeness (QED) is 0.00973. The number of primary amides is 1. The number of carbonyl (C=O) groups is 12. The number of hydrogen-bond donors (Lipinski definition) is 35. The lowest BCUT2D eigenvalue weighted by Crippen LogP contribution is -2.61. The number of aromatic amines is 4. The van der Waals surface area contributed by atoms with Crippen molar-refractivity contribution in [2.45, 2.75) is 189 Å². The van der Waals surface area contributed by atoms with Crippen LogP contribution in [-0.4, -0.2) is 238 Å². The number of hydrogen-bond acceptors (Lipinski definition) is 19. The van der Waals surface area contributed by atoms with Crippen molar-refractivity contribution in [2.24, 2.45) is 45.9 Å². The molecule has 0 aliphatic rings. The summed E-state index contributed by atoms with van der Waals surface area (Å²) in [7, 11) is 0. The molecule has 716 valence electrons. The highest BCUT2D eigenvalue weighted by atomic mass is 16.2. The van der Waals surface area contributed by atoms with Crippen LogP contribution in [0.25, 0.3) is 43.6 Å². The molecule has 8 rings (SSSR count). The van der Waals surface area contributed by atoms with E-state index in [9.17, 15) is 33.6 Å². The Morgan fingerprint density at radius 2 is 0.459 bits per heavy atom. The van der Waals surface area contributed by atoms with Crippen LogP contribution < -0.4 is 136 Å². The number of nitrogens with two attached hydrogens (primary N) is 8. The number of carbonyl (C=O) groups excluding carboxylic acids is 12. The normalized spacial score (nSPS) is 13.8. The van der Waals surface area contributed by atoms with Crippen LogP contribution in [0.5, 0.6) is 0 Å². The molecule has 4 heterocycles. The molecule has 0 fully saturated rings. The van der Waals surface area contributed by atoms with E-state index < -0.39 is 161 Å². The Bertz CT molecular complexity index is 5430. The fraction of sp³-hybridized carbons (Fsp3) is 0.419. The molecule has 133 heavy (non-hydrogen) atoms. The number of rotatable bonds is 55. The van der Waals surface area contributed by atoms with Crippen molar-refractivity contribution in [1.29, 1.82) is 32.5 Å². The number of para-hydroxylation sites is 4. The molecular formula is C86H125N35O12. The highest BCUT2D eigenvalue weighted by Gasteiger charge is 2.38. The van der Waals surface area contributed by atoms with E-state index >= 15 is 24.0 Å². The molecule has 12 amide bonds. The van der Waals surface area contributed by atoms with Gasteiger partial charge in [0.05, 0.1) is 6.04 Å². The number of fused-ring (bicyclic) bond motifs is 4. The van der Waals surface area contributed by atoms with Gasteiger partial charge in [0, 0.05) is 133 Å². The summed E-state index contributed by atoms with van der Waals surface area (Å²) in [5.41, 5.74) is 50.3. The van der Waals surface area contributed by atoms with Gasteiger partial charge in [0.1, 0.15) is 66.5 Å². The van der Waals surface area contributed by atoms with Crippen molar-refractivity contribution in [3.05, 3.63) is 144 Å². The SMILES string of the molecule is C[C@H](NC(=O)[C@H](Cc1c[nH]c2ccccc12)NC(=O)[C@H](CCCNC(=N)N)NC(=O)[C@H](CCCNC(=N)N)NC(=O)[C@H](C)NC(=O)[C@H](Cc1c[nH]c2ccccc12)NC(=O)[C@@H](N)CCCNC(=N)N)C(=O)N[C@@H](CCCNC(=N)N)C(=O)N[C@@H](Cc1c[nH]c2ccccc12)C(=O)N[C@@H](Cc1c[nH]c2ccccc12)C(=O)N[C@@H](CCCNC(=N)N)C(=O)N[C@@H](CCCNC(=N)N)C(N)=O. The molecule has 47 nitrogen and oxygen atoms in total. The maximum absolute atomic E-state index is 15.6. The lowest BCUT2D eigenvalue weighted by molar-refractivity contribution is -0.136. The highest BCUT2D eigenvalue weighted by molar-refractivity contribution is 6.01. The number of amides is 12. The minimum Gasteiger partial charge on any atom is -0.370 e. The van der Waals surface area contributed by atoms with E-state index in [1.54, 1.807) is 104 Å². The third-order valence-corrected chi connectivity index (χ3v) is 21.9. The summed E-state index contributed by atoms with van der Waals surface area (Å²) >= 11 is 0. The maximum Gasteiger partial charge on any atom is 0.243 e. The number of H-pyrrole nitrogens is 4. The molecule has 0 saturated heterocycles. The predicted octanol–water partition coefficient (Wildman–Crippen LogP) is -4.35. The average Bonchev–Trinajstić information content (AvgIpc) is 1.71. The van der Waals surface area contributed by atoms with Gasteiger partial charge in [-0.05, 0) is 137 Å². The van der Waals surface area contributed by atoms with E-state index in [0.717, 1.165) is 10.9 Å². The van der Waals surface area contributed by atoms with Crippen molar-refractivity contribution in [2.75, 3.05) is 39.3 Å². The summed E-state index contributed by atoms with van der Waals surface area (Å²) in [6.45, 7) is 3.13. The molecule has 12 atom stereocenters. The Hall–Kier alpha value is -15.7. The largest absolute Gasteiger partial charge is 0.370 e. The molecule has 0 spiro atoms. The van der Waals surface area contributed by atoms with Gasteiger partial charge < -0.3 is 156 Å². The van der Waals surface area contributed by atoms with Gasteiger partial charge in [-0.3, -0.25) is 90.0 Å². The first-order chi connectivity index (χ1) is 63.5. The molecule has 4 aromatic carbocycles. The summed E-state index contributed by atoms with van der Waals surface area (Å²) < 4.78 is 0. The van der Waals surface area contributed by atoms with Crippen LogP contribution in [-0.2, 0) is 83.2 Å². The molecule has 0 unspecified atom stereocenters. The Labute approximate surface area is 765 Å². The Morgan fingerprint density at radius 3 is 0.707 bits per heavy atom. The summed E-state index contributed by atoms with van der Waals surface area (Å²) in [4.78, 5) is 189. The number of aromatic nitrogens is 4. The van der Waals surface area contributed by atoms with E-state index in [1.807, 2.05) is 18.2 Å². The van der Waals surface area contributed by atoms with Gasteiger partial charge in [-0.25, -0.2) is 0 Å². The topological polar surface area (TPSA) is 824 Å². The molecule has 8 aromatic rings. The van der Waals surface area contributed by atoms with Gasteiger partial charge in [-0.15, -0.1) is 0 Å². The molecular weight excluding hydrogens is 1720 g/mol. The van der Waals surface area contributed by atoms with Gasteiger partial charge in [0.25, 0.3) is 0 Å². The fourth-order valence-corrected chi connectivity index (χ4v) is 14.9. The molecule has 47 heteroatoms. The van der Waals surface area contributed by atoms with Crippen LogP contribution in [0.2, 0.25) is 0 Å². The third-order valence-electron chi connectivity index (χ3n) is 21.9. The maximum atomic E-state index is 15.6. The molecule has 0 saturated carbocycles. The van der Waals surface area contributed by atoms with E-state index in [0.29, 0.717) is 61.4 Å². The number of nitrogens with one attached hydrogen (secondary N) is 27. The second-order valence-electron chi connectivity index (χ2n) is 32.2. The van der Waals surface area contributed by atoms with Crippen LogP contribution in [0.3, 0.4) is 0 Å². The van der Waals surface area contributed by atoms with Crippen LogP contribution in [0.1, 0.15) is 113 Å². The standard InChI is InChI=1S/C86H125N35O12/c1-45(111-77(130)65(37-47-41-107-56-22-7-3-17-51(47)56)118-72(125)55(87)21-11-31-101-81(89)90)70(123)114-61(27-13-33-103-83(93)94)74(127)116-64(30-16-36-106-86(99)100)76(129)119-66(38-48-42-108-57-23-8-4-18-52(48)57)78(131)112-46(2)71(124)115-62(28-14-34-104-84(95)96)75(128)120-68(40-50-44-110-59-25-10-6-20-54(50)59)80(133)121-67(39-49-43-109-58-24-9-5-19-53(49)58)79(132)117-63(29-15-35-105-85(97)98)73(126)113-60(69(88)122)26-12-32-102-82(91)92/h3-10,17-20,22-25,41-46,55,60-68,107-110H,11-16,21,26-40,87H2,1-2H3,(H2,88,122)(H,111,130)(H,112,131)(H,113,126)(H,114,123)(H,115,124)(H,116,127)(H,117,132)(H,118,125)(H,119,129)(H,120,128)(H,121,133)(H4,89,90,101)(H4,91,92,102)(H4,93,94,103)(H4,95,96,104)(H4,97,98,105)(H4,99,100,106)/t45-,46-,55-,60-,61-,62-,63-,64-,65-,66-,67-,68-/m0/s1. The zero-order chi connectivity index (χ0) is 96.8. The van der Waals surface area contributed by atoms with Gasteiger partial charge in [-0.1, -0.05) is 72.8 Å². The van der Waals surface area contributed by atoms with Crippen molar-refractivity contribution in [3.8, 4) is 0 Å². The summed E-state index contributed by atoms with van der Waals surface area (Å²) in [6, 6.07) is 11.2. The van der Waals surface area contributed by atoms with Gasteiger partial charge in [-0.2, -0.15) is 0 Å². The van der Waals surface area contributed by atoms with Gasteiger partial charge in [0.15, 0.2) is 35.8 Å². The predicted molar refractivity (Wildman–Crippen MR) is 503 cm³/mol. The molecule has 4 aromatic heterocycles. The molecule has 43 N–H and O–H groups in total. The van der Waals surface area contributed by atoms with Crippen molar-refractivity contribution in [1.82, 2.24) is 110 Å². The van der Waals surface area contributed by atoms with Gasteiger partial charge >= 0.3 is 0 Å². The number of guanidine groups is 6. The van der Waals surface area contributed by atoms with Crippen LogP contribution in [0.4, 0.5) is 0 Å². The Kier molecular flexibility index (Phi) is 39.7. The second-order valence-corrected chi connectivity index (χ2v) is 32.2. The molecule has 0 aliphatic carbocycles. The average molecular weight is 1840 g/mol. The Balaban J connectivity index is 1.06. The zero-order valence-corrected chi connectivity index (χ0v) is 74.0.